The molecule has 1 saturated heterocycles. The highest BCUT2D eigenvalue weighted by Crippen LogP contribution is 2.19. The molecule has 0 bridgehead atoms. The van der Waals surface area contributed by atoms with Crippen LogP contribution in [-0.4, -0.2) is 51.1 Å². The van der Waals surface area contributed by atoms with Crippen molar-refractivity contribution in [2.24, 2.45) is 0 Å². The molecule has 1 fully saturated rings. The maximum atomic E-state index is 12.2. The molecule has 2 aromatic carbocycles. The van der Waals surface area contributed by atoms with Gasteiger partial charge in [-0.2, -0.15) is 0 Å². The molecule has 6 nitrogen and oxygen atoms in total. The third-order valence-electron chi connectivity index (χ3n) is 4.91. The Labute approximate surface area is 174 Å². The molecule has 0 radical (unpaired) electrons. The summed E-state index contributed by atoms with van der Waals surface area (Å²) < 4.78 is 0.964. The van der Waals surface area contributed by atoms with Gasteiger partial charge in [0.1, 0.15) is 0 Å². The van der Waals surface area contributed by atoms with Gasteiger partial charge >= 0.3 is 0 Å². The van der Waals surface area contributed by atoms with E-state index in [0.29, 0.717) is 6.54 Å². The highest BCUT2D eigenvalue weighted by atomic mass is 79.9. The third kappa shape index (κ3) is 5.81. The summed E-state index contributed by atoms with van der Waals surface area (Å²) in [6.45, 7) is 5.98. The maximum Gasteiger partial charge on any atom is 0.275 e. The Bertz CT molecular complexity index is 820. The van der Waals surface area contributed by atoms with E-state index in [9.17, 15) is 9.59 Å². The van der Waals surface area contributed by atoms with Gasteiger partial charge < -0.3 is 20.4 Å². The van der Waals surface area contributed by atoms with Crippen molar-refractivity contribution in [3.05, 3.63) is 58.6 Å². The van der Waals surface area contributed by atoms with Crippen molar-refractivity contribution < 1.29 is 14.5 Å². The van der Waals surface area contributed by atoms with E-state index < -0.39 is 0 Å². The van der Waals surface area contributed by atoms with E-state index in [0.717, 1.165) is 41.9 Å². The summed E-state index contributed by atoms with van der Waals surface area (Å²) in [5.74, 6) is -0.312. The molecule has 0 aromatic heterocycles. The first-order valence-electron chi connectivity index (χ1n) is 9.47. The average molecular weight is 446 g/mol. The molecular weight excluding hydrogens is 420 g/mol. The number of aryl methyl sites for hydroxylation is 1. The van der Waals surface area contributed by atoms with E-state index in [2.05, 4.69) is 43.6 Å². The van der Waals surface area contributed by atoms with Crippen molar-refractivity contribution >= 4 is 39.1 Å². The van der Waals surface area contributed by atoms with Gasteiger partial charge in [0.2, 0.25) is 5.91 Å². The van der Waals surface area contributed by atoms with Crippen molar-refractivity contribution in [2.75, 3.05) is 49.5 Å². The zero-order valence-electron chi connectivity index (χ0n) is 16.0. The number of carbonyl (C=O) groups excluding carboxylic acids is 2. The molecule has 0 spiro atoms. The second-order valence-corrected chi connectivity index (χ2v) is 7.95. The van der Waals surface area contributed by atoms with E-state index in [1.165, 1.54) is 10.6 Å². The minimum Gasteiger partial charge on any atom is -0.360 e. The van der Waals surface area contributed by atoms with Crippen LogP contribution in [0.15, 0.2) is 53.0 Å². The molecule has 1 heterocycles. The Balaban J connectivity index is 1.38. The van der Waals surface area contributed by atoms with E-state index in [1.54, 1.807) is 0 Å². The maximum absolute atomic E-state index is 12.2. The SMILES string of the molecule is Cc1cc(Br)ccc1NC(=O)CNC(=O)C[NH+]1CCN(c2ccccc2)CC1. The minimum atomic E-state index is -0.220. The third-order valence-corrected chi connectivity index (χ3v) is 5.40. The van der Waals surface area contributed by atoms with E-state index in [-0.39, 0.29) is 18.4 Å². The number of para-hydroxylation sites is 1. The lowest BCUT2D eigenvalue weighted by molar-refractivity contribution is -0.892. The Kier molecular flexibility index (Phi) is 7.06. The van der Waals surface area contributed by atoms with Gasteiger partial charge in [0.05, 0.1) is 32.7 Å². The summed E-state index contributed by atoms with van der Waals surface area (Å²) in [6.07, 6.45) is 0. The number of halogens is 1. The van der Waals surface area contributed by atoms with Crippen molar-refractivity contribution in [2.45, 2.75) is 6.92 Å². The second-order valence-electron chi connectivity index (χ2n) is 7.03. The van der Waals surface area contributed by atoms with Gasteiger partial charge in [-0.3, -0.25) is 9.59 Å². The van der Waals surface area contributed by atoms with Crippen LogP contribution < -0.4 is 20.4 Å². The van der Waals surface area contributed by atoms with Crippen LogP contribution in [0.1, 0.15) is 5.56 Å². The summed E-state index contributed by atoms with van der Waals surface area (Å²) in [7, 11) is 0. The topological polar surface area (TPSA) is 65.9 Å². The fourth-order valence-corrected chi connectivity index (χ4v) is 3.80. The number of benzene rings is 2. The molecule has 0 aliphatic carbocycles. The fraction of sp³-hybridized carbons (Fsp3) is 0.333. The first kappa shape index (κ1) is 20.4. The van der Waals surface area contributed by atoms with Crippen LogP contribution in [-0.2, 0) is 9.59 Å². The van der Waals surface area contributed by atoms with Crippen LogP contribution in [0.5, 0.6) is 0 Å². The number of nitrogens with one attached hydrogen (secondary N) is 3. The number of piperazine rings is 1. The zero-order chi connectivity index (χ0) is 19.9. The van der Waals surface area contributed by atoms with Crippen molar-refractivity contribution in [3.8, 4) is 0 Å². The lowest BCUT2D eigenvalue weighted by Gasteiger charge is -2.33. The molecule has 0 saturated carbocycles. The first-order chi connectivity index (χ1) is 13.5. The van der Waals surface area contributed by atoms with Gasteiger partial charge in [0, 0.05) is 15.8 Å². The predicted octanol–water partition coefficient (Wildman–Crippen LogP) is 1.22. The van der Waals surface area contributed by atoms with E-state index in [1.807, 2.05) is 43.3 Å². The largest absolute Gasteiger partial charge is 0.360 e. The summed E-state index contributed by atoms with van der Waals surface area (Å²) in [5, 5.41) is 5.56. The average Bonchev–Trinajstić information content (AvgIpc) is 2.70. The molecule has 0 atom stereocenters. The molecule has 1 aliphatic rings. The Morgan fingerprint density at radius 1 is 1.07 bits per heavy atom. The Morgan fingerprint density at radius 3 is 2.46 bits per heavy atom. The molecule has 0 unspecified atom stereocenters. The zero-order valence-corrected chi connectivity index (χ0v) is 17.6. The smallest absolute Gasteiger partial charge is 0.275 e. The number of nitrogens with zero attached hydrogens (tertiary/aromatic N) is 1. The van der Waals surface area contributed by atoms with Gasteiger partial charge in [-0.05, 0) is 42.8 Å². The summed E-state index contributed by atoms with van der Waals surface area (Å²) in [4.78, 5) is 27.9. The molecule has 2 amide bonds. The number of hydrogen-bond acceptors (Lipinski definition) is 3. The van der Waals surface area contributed by atoms with Crippen LogP contribution in [0.2, 0.25) is 0 Å². The van der Waals surface area contributed by atoms with Crippen molar-refractivity contribution in [3.63, 3.8) is 0 Å². The number of carbonyl (C=O) groups is 2. The monoisotopic (exact) mass is 445 g/mol. The first-order valence-corrected chi connectivity index (χ1v) is 10.3. The van der Waals surface area contributed by atoms with Gasteiger partial charge in [-0.1, -0.05) is 34.1 Å². The lowest BCUT2D eigenvalue weighted by Crippen LogP contribution is -3.16. The number of quaternary nitrogens is 1. The van der Waals surface area contributed by atoms with Crippen LogP contribution in [0.4, 0.5) is 11.4 Å². The molecular formula is C21H26BrN4O2+. The predicted molar refractivity (Wildman–Crippen MR) is 115 cm³/mol. The van der Waals surface area contributed by atoms with E-state index >= 15 is 0 Å². The Hall–Kier alpha value is -2.38. The van der Waals surface area contributed by atoms with Crippen molar-refractivity contribution in [1.29, 1.82) is 0 Å². The van der Waals surface area contributed by atoms with Crippen molar-refractivity contribution in [1.82, 2.24) is 5.32 Å². The summed E-state index contributed by atoms with van der Waals surface area (Å²) in [5.41, 5.74) is 2.95. The van der Waals surface area contributed by atoms with Crippen LogP contribution in [0, 0.1) is 6.92 Å². The van der Waals surface area contributed by atoms with Crippen LogP contribution in [0.25, 0.3) is 0 Å². The van der Waals surface area contributed by atoms with Gasteiger partial charge in [0.25, 0.3) is 5.91 Å². The summed E-state index contributed by atoms with van der Waals surface area (Å²) in [6, 6.07) is 16.0. The molecule has 2 aromatic rings. The highest BCUT2D eigenvalue weighted by Gasteiger charge is 2.22. The number of amides is 2. The van der Waals surface area contributed by atoms with Gasteiger partial charge in [-0.25, -0.2) is 0 Å². The summed E-state index contributed by atoms with van der Waals surface area (Å²) >= 11 is 3.40. The van der Waals surface area contributed by atoms with E-state index in [4.69, 9.17) is 0 Å². The second kappa shape index (κ2) is 9.71. The quantitative estimate of drug-likeness (QED) is 0.626. The molecule has 148 valence electrons. The molecule has 7 heteroatoms. The standard InChI is InChI=1S/C21H25BrN4O2/c1-16-13-17(22)7-8-19(16)24-20(27)14-23-21(28)15-25-9-11-26(12-10-25)18-5-3-2-4-6-18/h2-8,13H,9-12,14-15H2,1H3,(H,23,28)(H,24,27)/p+1. The molecule has 3 N–H and O–H groups in total. The number of rotatable bonds is 6. The number of hydrogen-bond donors (Lipinski definition) is 3. The fourth-order valence-electron chi connectivity index (χ4n) is 3.33. The van der Waals surface area contributed by atoms with Crippen LogP contribution in [0.3, 0.4) is 0 Å². The molecule has 3 rings (SSSR count). The molecule has 28 heavy (non-hydrogen) atoms. The number of anilines is 2. The van der Waals surface area contributed by atoms with Gasteiger partial charge in [0.15, 0.2) is 6.54 Å². The van der Waals surface area contributed by atoms with Gasteiger partial charge in [-0.15, -0.1) is 0 Å². The lowest BCUT2D eigenvalue weighted by atomic mass is 10.2. The minimum absolute atomic E-state index is 0.0161. The van der Waals surface area contributed by atoms with Crippen LogP contribution >= 0.6 is 15.9 Å². The normalized spacial score (nSPS) is 14.6. The molecule has 1 aliphatic heterocycles. The Morgan fingerprint density at radius 2 is 1.79 bits per heavy atom. The highest BCUT2D eigenvalue weighted by molar-refractivity contribution is 9.10.